The first-order valence-corrected chi connectivity index (χ1v) is 6.53. The summed E-state index contributed by atoms with van der Waals surface area (Å²) in [6.07, 6.45) is 4.13. The second kappa shape index (κ2) is 4.06. The van der Waals surface area contributed by atoms with Crippen molar-refractivity contribution in [2.24, 2.45) is 0 Å². The lowest BCUT2D eigenvalue weighted by Gasteiger charge is -2.49. The molecule has 0 aliphatic carbocycles. The Kier molecular flexibility index (Phi) is 3.09. The van der Waals surface area contributed by atoms with E-state index in [4.69, 9.17) is 0 Å². The molecule has 0 bridgehead atoms. The third kappa shape index (κ3) is 2.21. The van der Waals surface area contributed by atoms with E-state index in [1.807, 2.05) is 0 Å². The predicted octanol–water partition coefficient (Wildman–Crippen LogP) is 2.34. The summed E-state index contributed by atoms with van der Waals surface area (Å²) in [6, 6.07) is 1.63. The van der Waals surface area contributed by atoms with Crippen LogP contribution in [0.1, 0.15) is 47.0 Å². The van der Waals surface area contributed by atoms with Gasteiger partial charge in [-0.15, -0.1) is 0 Å². The third-order valence-corrected chi connectivity index (χ3v) is 4.13. The molecule has 2 aliphatic rings. The molecule has 0 aromatic heterocycles. The van der Waals surface area contributed by atoms with Gasteiger partial charge in [0, 0.05) is 30.7 Å². The van der Waals surface area contributed by atoms with Crippen LogP contribution in [0.25, 0.3) is 0 Å². The van der Waals surface area contributed by atoms with Gasteiger partial charge in [-0.1, -0.05) is 6.92 Å². The number of rotatable bonds is 1. The van der Waals surface area contributed by atoms with Crippen molar-refractivity contribution in [2.75, 3.05) is 19.6 Å². The fourth-order valence-corrected chi connectivity index (χ4v) is 3.26. The second-order valence-electron chi connectivity index (χ2n) is 6.18. The van der Waals surface area contributed by atoms with Crippen molar-refractivity contribution >= 4 is 0 Å². The quantitative estimate of drug-likeness (QED) is 0.655. The Labute approximate surface area is 94.6 Å². The van der Waals surface area contributed by atoms with Crippen molar-refractivity contribution in [3.63, 3.8) is 0 Å². The van der Waals surface area contributed by atoms with Gasteiger partial charge in [0.1, 0.15) is 0 Å². The molecule has 2 heterocycles. The van der Waals surface area contributed by atoms with Crippen molar-refractivity contribution in [3.8, 4) is 0 Å². The molecule has 0 aromatic rings. The molecule has 2 atom stereocenters. The zero-order valence-electron chi connectivity index (χ0n) is 10.8. The van der Waals surface area contributed by atoms with Crippen LogP contribution in [0.4, 0.5) is 0 Å². The highest BCUT2D eigenvalue weighted by molar-refractivity contribution is 4.95. The van der Waals surface area contributed by atoms with Gasteiger partial charge < -0.3 is 0 Å². The third-order valence-electron chi connectivity index (χ3n) is 4.13. The van der Waals surface area contributed by atoms with Crippen molar-refractivity contribution < 1.29 is 0 Å². The van der Waals surface area contributed by atoms with E-state index in [0.29, 0.717) is 5.54 Å². The molecule has 2 unspecified atom stereocenters. The van der Waals surface area contributed by atoms with Gasteiger partial charge in [-0.3, -0.25) is 9.80 Å². The summed E-state index contributed by atoms with van der Waals surface area (Å²) in [5.74, 6) is 0. The first-order chi connectivity index (χ1) is 7.02. The molecule has 2 fully saturated rings. The number of hydrogen-bond donors (Lipinski definition) is 0. The van der Waals surface area contributed by atoms with Gasteiger partial charge in [-0.25, -0.2) is 0 Å². The van der Waals surface area contributed by atoms with Crippen LogP contribution in [-0.4, -0.2) is 47.1 Å². The van der Waals surface area contributed by atoms with Crippen LogP contribution < -0.4 is 0 Å². The van der Waals surface area contributed by atoms with Gasteiger partial charge in [0.25, 0.3) is 0 Å². The molecule has 2 nitrogen and oxygen atoms in total. The smallest absolute Gasteiger partial charge is 0.0226 e. The Bertz CT molecular complexity index is 219. The zero-order chi connectivity index (χ0) is 11.1. The van der Waals surface area contributed by atoms with Crippen LogP contribution in [0.3, 0.4) is 0 Å². The lowest BCUT2D eigenvalue weighted by molar-refractivity contribution is -0.00925. The Balaban J connectivity index is 2.09. The summed E-state index contributed by atoms with van der Waals surface area (Å²) in [5.41, 5.74) is 0.343. The highest BCUT2D eigenvalue weighted by atomic mass is 15.3. The SMILES string of the molecule is CCC1CN2CCCC2CN1C(C)(C)C. The maximum atomic E-state index is 2.74. The van der Waals surface area contributed by atoms with Gasteiger partial charge in [0.05, 0.1) is 0 Å². The Morgan fingerprint density at radius 3 is 2.53 bits per heavy atom. The molecule has 0 aromatic carbocycles. The van der Waals surface area contributed by atoms with E-state index in [2.05, 4.69) is 37.5 Å². The Morgan fingerprint density at radius 2 is 1.93 bits per heavy atom. The van der Waals surface area contributed by atoms with Crippen molar-refractivity contribution in [1.82, 2.24) is 9.80 Å². The molecule has 0 saturated carbocycles. The Hall–Kier alpha value is -0.0800. The minimum atomic E-state index is 0.343. The van der Waals surface area contributed by atoms with E-state index >= 15 is 0 Å². The standard InChI is InChI=1S/C13H26N2/c1-5-11-9-14-8-6-7-12(14)10-15(11)13(2,3)4/h11-12H,5-10H2,1-4H3. The molecular formula is C13H26N2. The van der Waals surface area contributed by atoms with Crippen LogP contribution in [0.15, 0.2) is 0 Å². The first-order valence-electron chi connectivity index (χ1n) is 6.53. The molecule has 2 heteroatoms. The van der Waals surface area contributed by atoms with Gasteiger partial charge in [-0.05, 0) is 46.6 Å². The zero-order valence-corrected chi connectivity index (χ0v) is 10.8. The van der Waals surface area contributed by atoms with Gasteiger partial charge in [0.2, 0.25) is 0 Å². The van der Waals surface area contributed by atoms with Crippen LogP contribution in [0, 0.1) is 0 Å². The highest BCUT2D eigenvalue weighted by Gasteiger charge is 2.39. The number of fused-ring (bicyclic) bond motifs is 1. The summed E-state index contributed by atoms with van der Waals surface area (Å²) in [6.45, 7) is 13.4. The maximum absolute atomic E-state index is 2.74. The topological polar surface area (TPSA) is 6.48 Å². The van der Waals surface area contributed by atoms with Gasteiger partial charge in [0.15, 0.2) is 0 Å². The summed E-state index contributed by atoms with van der Waals surface area (Å²) in [4.78, 5) is 5.45. The fraction of sp³-hybridized carbons (Fsp3) is 1.00. The summed E-state index contributed by atoms with van der Waals surface area (Å²) >= 11 is 0. The monoisotopic (exact) mass is 210 g/mol. The van der Waals surface area contributed by atoms with Crippen molar-refractivity contribution in [1.29, 1.82) is 0 Å². The van der Waals surface area contributed by atoms with Crippen LogP contribution in [0.2, 0.25) is 0 Å². The van der Waals surface area contributed by atoms with Crippen LogP contribution in [0.5, 0.6) is 0 Å². The predicted molar refractivity (Wildman–Crippen MR) is 65.1 cm³/mol. The molecule has 15 heavy (non-hydrogen) atoms. The van der Waals surface area contributed by atoms with Gasteiger partial charge in [-0.2, -0.15) is 0 Å². The van der Waals surface area contributed by atoms with E-state index in [0.717, 1.165) is 12.1 Å². The summed E-state index contributed by atoms with van der Waals surface area (Å²) < 4.78 is 0. The van der Waals surface area contributed by atoms with E-state index < -0.39 is 0 Å². The molecule has 2 aliphatic heterocycles. The van der Waals surface area contributed by atoms with Crippen LogP contribution >= 0.6 is 0 Å². The average Bonchev–Trinajstić information content (AvgIpc) is 2.60. The summed E-state index contributed by atoms with van der Waals surface area (Å²) in [5, 5.41) is 0. The molecule has 0 N–H and O–H groups in total. The number of piperazine rings is 1. The summed E-state index contributed by atoms with van der Waals surface area (Å²) in [7, 11) is 0. The Morgan fingerprint density at radius 1 is 1.20 bits per heavy atom. The van der Waals surface area contributed by atoms with Crippen molar-refractivity contribution in [2.45, 2.75) is 64.6 Å². The largest absolute Gasteiger partial charge is 0.298 e. The minimum absolute atomic E-state index is 0.343. The van der Waals surface area contributed by atoms with Crippen molar-refractivity contribution in [3.05, 3.63) is 0 Å². The van der Waals surface area contributed by atoms with Crippen LogP contribution in [-0.2, 0) is 0 Å². The fourth-order valence-electron chi connectivity index (χ4n) is 3.26. The number of nitrogens with zero attached hydrogens (tertiary/aromatic N) is 2. The molecule has 2 rings (SSSR count). The second-order valence-corrected chi connectivity index (χ2v) is 6.18. The molecule has 0 radical (unpaired) electrons. The molecular weight excluding hydrogens is 184 g/mol. The van der Waals surface area contributed by atoms with E-state index in [1.54, 1.807) is 0 Å². The molecule has 88 valence electrons. The number of hydrogen-bond acceptors (Lipinski definition) is 2. The molecule has 0 spiro atoms. The lowest BCUT2D eigenvalue weighted by Crippen LogP contribution is -2.61. The lowest BCUT2D eigenvalue weighted by atomic mass is 9.96. The normalized spacial score (nSPS) is 34.4. The maximum Gasteiger partial charge on any atom is 0.0226 e. The van der Waals surface area contributed by atoms with E-state index in [1.165, 1.54) is 38.9 Å². The molecule has 2 saturated heterocycles. The van der Waals surface area contributed by atoms with E-state index in [-0.39, 0.29) is 0 Å². The first kappa shape index (κ1) is 11.4. The minimum Gasteiger partial charge on any atom is -0.298 e. The average molecular weight is 210 g/mol. The highest BCUT2D eigenvalue weighted by Crippen LogP contribution is 2.30. The molecule has 0 amide bonds. The van der Waals surface area contributed by atoms with E-state index in [9.17, 15) is 0 Å². The van der Waals surface area contributed by atoms with Gasteiger partial charge >= 0.3 is 0 Å².